The van der Waals surface area contributed by atoms with E-state index in [1.54, 1.807) is 0 Å². The highest BCUT2D eigenvalue weighted by molar-refractivity contribution is 5.55. The van der Waals surface area contributed by atoms with Gasteiger partial charge in [0.25, 0.3) is 0 Å². The molecule has 0 unspecified atom stereocenters. The molecule has 2 aliphatic heterocycles. The van der Waals surface area contributed by atoms with Gasteiger partial charge in [0.15, 0.2) is 0 Å². The van der Waals surface area contributed by atoms with Crippen LogP contribution < -0.4 is 10.6 Å². The van der Waals surface area contributed by atoms with Crippen LogP contribution in [0.25, 0.3) is 0 Å². The Balaban J connectivity index is 1.91. The summed E-state index contributed by atoms with van der Waals surface area (Å²) < 4.78 is 0. The van der Waals surface area contributed by atoms with Crippen LogP contribution in [0.1, 0.15) is 25.7 Å². The van der Waals surface area contributed by atoms with Gasteiger partial charge in [0.2, 0.25) is 6.29 Å². The van der Waals surface area contributed by atoms with Crippen molar-refractivity contribution in [3.05, 3.63) is 0 Å². The van der Waals surface area contributed by atoms with Crippen LogP contribution >= 0.6 is 0 Å². The van der Waals surface area contributed by atoms with E-state index in [4.69, 9.17) is 0 Å². The van der Waals surface area contributed by atoms with E-state index in [1.165, 1.54) is 0 Å². The van der Waals surface area contributed by atoms with E-state index in [2.05, 4.69) is 16.9 Å². The van der Waals surface area contributed by atoms with Crippen molar-refractivity contribution in [2.24, 2.45) is 17.8 Å². The summed E-state index contributed by atoms with van der Waals surface area (Å²) in [6.45, 7) is 4.31. The van der Waals surface area contributed by atoms with Gasteiger partial charge < -0.3 is 10.6 Å². The predicted octanol–water partition coefficient (Wildman–Crippen LogP) is 0.711. The molecule has 0 aromatic rings. The SMILES string of the molecule is O=[C]C(C1CCNCC1)C1CCNCC1. The van der Waals surface area contributed by atoms with Crippen LogP contribution in [-0.2, 0) is 4.79 Å². The summed E-state index contributed by atoms with van der Waals surface area (Å²) in [5.74, 6) is 1.38. The molecule has 0 bridgehead atoms. The first-order valence-electron chi connectivity index (χ1n) is 6.21. The standard InChI is InChI=1S/C12H21N2O/c15-9-12(10-1-5-13-6-2-10)11-3-7-14-8-4-11/h10-14H,1-8H2. The van der Waals surface area contributed by atoms with Gasteiger partial charge in [0.1, 0.15) is 0 Å². The minimum atomic E-state index is 0.203. The molecule has 85 valence electrons. The van der Waals surface area contributed by atoms with Crippen LogP contribution in [0, 0.1) is 17.8 Å². The molecule has 0 amide bonds. The van der Waals surface area contributed by atoms with Gasteiger partial charge in [-0.1, -0.05) is 0 Å². The Morgan fingerprint density at radius 2 is 1.27 bits per heavy atom. The quantitative estimate of drug-likeness (QED) is 0.719. The molecule has 0 atom stereocenters. The maximum atomic E-state index is 11.1. The maximum Gasteiger partial charge on any atom is 0.202 e. The summed E-state index contributed by atoms with van der Waals surface area (Å²) in [5, 5.41) is 6.71. The topological polar surface area (TPSA) is 41.1 Å². The molecule has 15 heavy (non-hydrogen) atoms. The van der Waals surface area contributed by atoms with Gasteiger partial charge in [-0.2, -0.15) is 0 Å². The van der Waals surface area contributed by atoms with E-state index >= 15 is 0 Å². The number of carbonyl (C=O) groups excluding carboxylic acids is 1. The number of hydrogen-bond donors (Lipinski definition) is 2. The lowest BCUT2D eigenvalue weighted by atomic mass is 9.74. The van der Waals surface area contributed by atoms with Gasteiger partial charge in [0.05, 0.1) is 0 Å². The number of rotatable bonds is 3. The number of hydrogen-bond acceptors (Lipinski definition) is 3. The van der Waals surface area contributed by atoms with Gasteiger partial charge in [-0.3, -0.25) is 4.79 Å². The predicted molar refractivity (Wildman–Crippen MR) is 60.4 cm³/mol. The molecule has 2 fully saturated rings. The summed E-state index contributed by atoms with van der Waals surface area (Å²) >= 11 is 0. The third-order valence-electron chi connectivity index (χ3n) is 3.92. The molecule has 2 rings (SSSR count). The van der Waals surface area contributed by atoms with Gasteiger partial charge in [-0.05, 0) is 63.7 Å². The van der Waals surface area contributed by atoms with Crippen LogP contribution in [0.4, 0.5) is 0 Å². The van der Waals surface area contributed by atoms with Gasteiger partial charge in [-0.15, -0.1) is 0 Å². The first kappa shape index (κ1) is 11.1. The van der Waals surface area contributed by atoms with Crippen LogP contribution in [-0.4, -0.2) is 32.5 Å². The van der Waals surface area contributed by atoms with Gasteiger partial charge in [-0.25, -0.2) is 0 Å². The Kier molecular flexibility index (Phi) is 4.15. The lowest BCUT2D eigenvalue weighted by molar-refractivity contribution is 0.204. The molecule has 2 saturated heterocycles. The van der Waals surface area contributed by atoms with Crippen molar-refractivity contribution in [2.45, 2.75) is 25.7 Å². The highest BCUT2D eigenvalue weighted by Gasteiger charge is 2.31. The molecule has 2 heterocycles. The Labute approximate surface area is 92.0 Å². The molecule has 1 radical (unpaired) electrons. The Hall–Kier alpha value is -0.410. The zero-order valence-electron chi connectivity index (χ0n) is 9.30. The molecule has 2 N–H and O–H groups in total. The molecule has 0 aliphatic carbocycles. The third kappa shape index (κ3) is 2.79. The van der Waals surface area contributed by atoms with Crippen molar-refractivity contribution in [3.8, 4) is 0 Å². The van der Waals surface area contributed by atoms with E-state index in [0.717, 1.165) is 51.9 Å². The first-order chi connectivity index (χ1) is 7.42. The zero-order valence-corrected chi connectivity index (χ0v) is 9.30. The summed E-state index contributed by atoms with van der Waals surface area (Å²) in [6, 6.07) is 0. The smallest absolute Gasteiger partial charge is 0.202 e. The summed E-state index contributed by atoms with van der Waals surface area (Å²) in [4.78, 5) is 11.1. The van der Waals surface area contributed by atoms with Gasteiger partial charge in [0, 0.05) is 5.92 Å². The molecule has 0 saturated carbocycles. The zero-order chi connectivity index (χ0) is 10.5. The third-order valence-corrected chi connectivity index (χ3v) is 3.92. The second kappa shape index (κ2) is 5.61. The number of piperidine rings is 2. The van der Waals surface area contributed by atoms with E-state index < -0.39 is 0 Å². The Morgan fingerprint density at radius 1 is 0.867 bits per heavy atom. The minimum Gasteiger partial charge on any atom is -0.317 e. The second-order valence-electron chi connectivity index (χ2n) is 4.82. The van der Waals surface area contributed by atoms with Crippen LogP contribution in [0.15, 0.2) is 0 Å². The van der Waals surface area contributed by atoms with E-state index in [9.17, 15) is 4.79 Å². The molecule has 0 aromatic carbocycles. The fraction of sp³-hybridized carbons (Fsp3) is 0.917. The molecular weight excluding hydrogens is 188 g/mol. The fourth-order valence-corrected chi connectivity index (χ4v) is 2.98. The van der Waals surface area contributed by atoms with E-state index in [0.29, 0.717) is 11.8 Å². The Bertz CT molecular complexity index is 178. The highest BCUT2D eigenvalue weighted by atomic mass is 16.1. The maximum absolute atomic E-state index is 11.1. The highest BCUT2D eigenvalue weighted by Crippen LogP contribution is 2.31. The molecule has 0 spiro atoms. The van der Waals surface area contributed by atoms with Crippen LogP contribution in [0.5, 0.6) is 0 Å². The number of nitrogens with one attached hydrogen (secondary N) is 2. The summed E-state index contributed by atoms with van der Waals surface area (Å²) in [6.07, 6.45) is 6.96. The van der Waals surface area contributed by atoms with E-state index in [1.807, 2.05) is 0 Å². The summed E-state index contributed by atoms with van der Waals surface area (Å²) in [5.41, 5.74) is 0. The average molecular weight is 209 g/mol. The Morgan fingerprint density at radius 3 is 1.60 bits per heavy atom. The largest absolute Gasteiger partial charge is 0.317 e. The van der Waals surface area contributed by atoms with Crippen molar-refractivity contribution >= 4 is 6.29 Å². The van der Waals surface area contributed by atoms with Crippen LogP contribution in [0.3, 0.4) is 0 Å². The molecular formula is C12H21N2O. The van der Waals surface area contributed by atoms with Crippen molar-refractivity contribution in [1.29, 1.82) is 0 Å². The average Bonchev–Trinajstić information content (AvgIpc) is 2.33. The molecule has 2 aliphatic rings. The second-order valence-corrected chi connectivity index (χ2v) is 4.82. The molecule has 3 nitrogen and oxygen atoms in total. The van der Waals surface area contributed by atoms with Gasteiger partial charge >= 0.3 is 0 Å². The first-order valence-corrected chi connectivity index (χ1v) is 6.21. The minimum absolute atomic E-state index is 0.203. The van der Waals surface area contributed by atoms with Crippen molar-refractivity contribution < 1.29 is 4.79 Å². The van der Waals surface area contributed by atoms with Crippen LogP contribution in [0.2, 0.25) is 0 Å². The summed E-state index contributed by atoms with van der Waals surface area (Å²) in [7, 11) is 0. The van der Waals surface area contributed by atoms with Crippen molar-refractivity contribution in [3.63, 3.8) is 0 Å². The van der Waals surface area contributed by atoms with Crippen molar-refractivity contribution in [1.82, 2.24) is 10.6 Å². The normalized spacial score (nSPS) is 25.7. The lowest BCUT2D eigenvalue weighted by Gasteiger charge is -2.34. The van der Waals surface area contributed by atoms with E-state index in [-0.39, 0.29) is 5.92 Å². The monoisotopic (exact) mass is 209 g/mol. The van der Waals surface area contributed by atoms with Crippen molar-refractivity contribution in [2.75, 3.05) is 26.2 Å². The molecule has 0 aromatic heterocycles. The fourth-order valence-electron chi connectivity index (χ4n) is 2.98. The molecule has 3 heteroatoms. The lowest BCUT2D eigenvalue weighted by Crippen LogP contribution is -2.39.